The van der Waals surface area contributed by atoms with Gasteiger partial charge in [-0.2, -0.15) is 0 Å². The highest BCUT2D eigenvalue weighted by Crippen LogP contribution is 2.21. The van der Waals surface area contributed by atoms with Crippen LogP contribution in [0.4, 0.5) is 0 Å². The number of carbonyl (C=O) groups is 1. The molecule has 0 fully saturated rings. The van der Waals surface area contributed by atoms with E-state index in [0.29, 0.717) is 31.3 Å². The molecular weight excluding hydrogens is 338 g/mol. The first-order chi connectivity index (χ1) is 12.2. The van der Waals surface area contributed by atoms with Crippen molar-refractivity contribution in [3.63, 3.8) is 0 Å². The van der Waals surface area contributed by atoms with E-state index in [1.807, 2.05) is 49.4 Å². The van der Waals surface area contributed by atoms with Crippen LogP contribution in [-0.4, -0.2) is 42.8 Å². The fourth-order valence-electron chi connectivity index (χ4n) is 2.09. The van der Waals surface area contributed by atoms with Crippen molar-refractivity contribution in [1.29, 1.82) is 0 Å². The zero-order chi connectivity index (χ0) is 17.9. The van der Waals surface area contributed by atoms with Gasteiger partial charge in [-0.05, 0) is 19.1 Å². The van der Waals surface area contributed by atoms with E-state index in [9.17, 15) is 4.79 Å². The Balaban J connectivity index is 1.65. The average molecular weight is 361 g/mol. The lowest BCUT2D eigenvalue weighted by Gasteiger charge is -1.99. The normalized spacial score (nSPS) is 11.1. The minimum atomic E-state index is -0.201. The van der Waals surface area contributed by atoms with Gasteiger partial charge >= 0.3 is 5.97 Å². The maximum absolute atomic E-state index is 10.9. The van der Waals surface area contributed by atoms with Crippen LogP contribution in [-0.2, 0) is 20.7 Å². The first-order valence-corrected chi connectivity index (χ1v) is 9.25. The molecule has 0 saturated heterocycles. The molecule has 134 valence electrons. The molecule has 0 aliphatic rings. The van der Waals surface area contributed by atoms with Gasteiger partial charge in [0.15, 0.2) is 0 Å². The largest absolute Gasteiger partial charge is 0.468 e. The van der Waals surface area contributed by atoms with E-state index in [-0.39, 0.29) is 5.97 Å². The lowest BCUT2D eigenvalue weighted by atomic mass is 10.2. The van der Waals surface area contributed by atoms with Crippen molar-refractivity contribution < 1.29 is 18.7 Å². The van der Waals surface area contributed by atoms with Gasteiger partial charge in [-0.3, -0.25) is 4.79 Å². The summed E-state index contributed by atoms with van der Waals surface area (Å²) in [4.78, 5) is 15.5. The highest BCUT2D eigenvalue weighted by molar-refractivity contribution is 8.00. The van der Waals surface area contributed by atoms with Crippen molar-refractivity contribution in [2.45, 2.75) is 13.3 Å². The van der Waals surface area contributed by atoms with Crippen LogP contribution < -0.4 is 0 Å². The predicted molar refractivity (Wildman–Crippen MR) is 99.7 cm³/mol. The molecule has 0 spiro atoms. The molecule has 0 aliphatic heterocycles. The highest BCUT2D eigenvalue weighted by atomic mass is 32.2. The van der Waals surface area contributed by atoms with E-state index in [4.69, 9.17) is 9.15 Å². The van der Waals surface area contributed by atoms with Crippen LogP contribution >= 0.6 is 11.8 Å². The molecule has 0 unspecified atom stereocenters. The molecule has 0 aliphatic carbocycles. The first-order valence-electron chi connectivity index (χ1n) is 8.09. The van der Waals surface area contributed by atoms with Crippen LogP contribution in [0.15, 0.2) is 46.9 Å². The molecule has 0 bridgehead atoms. The van der Waals surface area contributed by atoms with Gasteiger partial charge in [0.1, 0.15) is 5.76 Å². The molecule has 0 amide bonds. The Kier molecular flexibility index (Phi) is 8.28. The van der Waals surface area contributed by atoms with E-state index in [0.717, 1.165) is 22.8 Å². The number of aryl methyl sites for hydroxylation is 1. The topological polar surface area (TPSA) is 61.6 Å². The lowest BCUT2D eigenvalue weighted by Crippen LogP contribution is -2.03. The van der Waals surface area contributed by atoms with Gasteiger partial charge in [-0.1, -0.05) is 30.4 Å². The maximum atomic E-state index is 10.9. The lowest BCUT2D eigenvalue weighted by molar-refractivity contribution is -0.137. The van der Waals surface area contributed by atoms with Crippen molar-refractivity contribution in [1.82, 2.24) is 4.98 Å². The van der Waals surface area contributed by atoms with Gasteiger partial charge < -0.3 is 13.9 Å². The minimum absolute atomic E-state index is 0.201. The van der Waals surface area contributed by atoms with Gasteiger partial charge in [0.2, 0.25) is 5.89 Å². The Morgan fingerprint density at radius 2 is 2.08 bits per heavy atom. The molecule has 6 heteroatoms. The first kappa shape index (κ1) is 19.3. The second-order valence-corrected chi connectivity index (χ2v) is 6.31. The summed E-state index contributed by atoms with van der Waals surface area (Å²) in [5.41, 5.74) is 1.90. The summed E-state index contributed by atoms with van der Waals surface area (Å²) in [5.74, 6) is 2.42. The summed E-state index contributed by atoms with van der Waals surface area (Å²) >= 11 is 1.51. The number of oxazole rings is 1. The number of aromatic nitrogens is 1. The van der Waals surface area contributed by atoms with Crippen LogP contribution in [0.2, 0.25) is 0 Å². The standard InChI is InChI=1S/C19H23NO4S/c1-15-17(20-19(24-15)16-8-4-3-5-9-16)10-12-23-11-6-7-13-25-14-18(21)22-2/h3-9H,10-14H2,1-2H3/b7-6+. The number of hydrogen-bond acceptors (Lipinski definition) is 6. The van der Waals surface area contributed by atoms with Crippen LogP contribution in [0.3, 0.4) is 0 Å². The number of rotatable bonds is 10. The summed E-state index contributed by atoms with van der Waals surface area (Å²) in [6.45, 7) is 3.05. The van der Waals surface area contributed by atoms with Crippen molar-refractivity contribution >= 4 is 17.7 Å². The summed E-state index contributed by atoms with van der Waals surface area (Å²) < 4.78 is 15.9. The van der Waals surface area contributed by atoms with Gasteiger partial charge in [-0.15, -0.1) is 11.8 Å². The number of nitrogens with zero attached hydrogens (tertiary/aromatic N) is 1. The second-order valence-electron chi connectivity index (χ2n) is 5.28. The zero-order valence-electron chi connectivity index (χ0n) is 14.6. The maximum Gasteiger partial charge on any atom is 0.315 e. The monoisotopic (exact) mass is 361 g/mol. The quantitative estimate of drug-likeness (QED) is 0.365. The van der Waals surface area contributed by atoms with Crippen LogP contribution in [0.1, 0.15) is 11.5 Å². The Labute approximate surface area is 152 Å². The van der Waals surface area contributed by atoms with Crippen LogP contribution in [0.5, 0.6) is 0 Å². The number of hydrogen-bond donors (Lipinski definition) is 0. The van der Waals surface area contributed by atoms with E-state index in [2.05, 4.69) is 9.72 Å². The number of methoxy groups -OCH3 is 1. The van der Waals surface area contributed by atoms with Crippen molar-refractivity contribution in [2.24, 2.45) is 0 Å². The van der Waals surface area contributed by atoms with Gasteiger partial charge in [0, 0.05) is 17.7 Å². The van der Waals surface area contributed by atoms with E-state index >= 15 is 0 Å². The zero-order valence-corrected chi connectivity index (χ0v) is 15.4. The Hall–Kier alpha value is -2.05. The molecule has 1 heterocycles. The number of thioether (sulfide) groups is 1. The molecule has 0 radical (unpaired) electrons. The molecule has 25 heavy (non-hydrogen) atoms. The Morgan fingerprint density at radius 1 is 1.28 bits per heavy atom. The number of ether oxygens (including phenoxy) is 2. The van der Waals surface area contributed by atoms with Gasteiger partial charge in [-0.25, -0.2) is 4.98 Å². The highest BCUT2D eigenvalue weighted by Gasteiger charge is 2.10. The molecule has 5 nitrogen and oxygen atoms in total. The Morgan fingerprint density at radius 3 is 2.84 bits per heavy atom. The van der Waals surface area contributed by atoms with E-state index < -0.39 is 0 Å². The van der Waals surface area contributed by atoms with Crippen molar-refractivity contribution in [3.05, 3.63) is 53.9 Å². The fourth-order valence-corrected chi connectivity index (χ4v) is 2.76. The second kappa shape index (κ2) is 10.7. The van der Waals surface area contributed by atoms with Crippen molar-refractivity contribution in [2.75, 3.05) is 31.8 Å². The third kappa shape index (κ3) is 6.76. The summed E-state index contributed by atoms with van der Waals surface area (Å²) in [6.07, 6.45) is 4.66. The van der Waals surface area contributed by atoms with E-state index in [1.165, 1.54) is 18.9 Å². The molecule has 1 aromatic carbocycles. The third-order valence-electron chi connectivity index (χ3n) is 3.44. The number of esters is 1. The van der Waals surface area contributed by atoms with E-state index in [1.54, 1.807) is 0 Å². The van der Waals surface area contributed by atoms with Gasteiger partial charge in [0.05, 0.1) is 31.8 Å². The molecule has 1 aromatic heterocycles. The number of carbonyl (C=O) groups excluding carboxylic acids is 1. The smallest absolute Gasteiger partial charge is 0.315 e. The molecule has 0 N–H and O–H groups in total. The molecule has 0 atom stereocenters. The molecule has 2 aromatic rings. The summed E-state index contributed by atoms with van der Waals surface area (Å²) in [6, 6.07) is 9.86. The summed E-state index contributed by atoms with van der Waals surface area (Å²) in [7, 11) is 1.39. The van der Waals surface area contributed by atoms with Gasteiger partial charge in [0.25, 0.3) is 0 Å². The fraction of sp³-hybridized carbons (Fsp3) is 0.368. The molecule has 2 rings (SSSR count). The molecule has 0 saturated carbocycles. The Bertz CT molecular complexity index is 682. The van der Waals surface area contributed by atoms with Crippen molar-refractivity contribution in [3.8, 4) is 11.5 Å². The molecular formula is C19H23NO4S. The number of benzene rings is 1. The summed E-state index contributed by atoms with van der Waals surface area (Å²) in [5, 5.41) is 0. The van der Waals surface area contributed by atoms with Crippen LogP contribution in [0.25, 0.3) is 11.5 Å². The predicted octanol–water partition coefficient (Wildman–Crippen LogP) is 3.67. The average Bonchev–Trinajstić information content (AvgIpc) is 3.01. The SMILES string of the molecule is COC(=O)CSC/C=C/COCCc1nc(-c2ccccc2)oc1C. The third-order valence-corrected chi connectivity index (χ3v) is 4.31. The van der Waals surface area contributed by atoms with Crippen LogP contribution in [0, 0.1) is 6.92 Å². The minimum Gasteiger partial charge on any atom is -0.468 e.